The van der Waals surface area contributed by atoms with Crippen molar-refractivity contribution in [3.63, 3.8) is 0 Å². The summed E-state index contributed by atoms with van der Waals surface area (Å²) in [6.07, 6.45) is 4.90. The predicted octanol–water partition coefficient (Wildman–Crippen LogP) is 1.18. The summed E-state index contributed by atoms with van der Waals surface area (Å²) in [6, 6.07) is 5.79. The lowest BCUT2D eigenvalue weighted by Gasteiger charge is -2.23. The zero-order valence-electron chi connectivity index (χ0n) is 10.2. The van der Waals surface area contributed by atoms with Crippen molar-refractivity contribution in [3.05, 3.63) is 30.1 Å². The van der Waals surface area contributed by atoms with Gasteiger partial charge in [-0.2, -0.15) is 0 Å². The van der Waals surface area contributed by atoms with Gasteiger partial charge in [-0.15, -0.1) is 0 Å². The van der Waals surface area contributed by atoms with E-state index in [-0.39, 0.29) is 11.9 Å². The van der Waals surface area contributed by atoms with E-state index in [4.69, 9.17) is 0 Å². The number of rotatable bonds is 3. The highest BCUT2D eigenvalue weighted by Crippen LogP contribution is 2.14. The van der Waals surface area contributed by atoms with Crippen LogP contribution < -0.4 is 5.32 Å². The Morgan fingerprint density at radius 1 is 1.47 bits per heavy atom. The van der Waals surface area contributed by atoms with Gasteiger partial charge in [0.1, 0.15) is 0 Å². The van der Waals surface area contributed by atoms with Crippen LogP contribution in [0, 0.1) is 0 Å². The van der Waals surface area contributed by atoms with Gasteiger partial charge in [0.25, 0.3) is 0 Å². The second-order valence-electron chi connectivity index (χ2n) is 4.42. The third kappa shape index (κ3) is 3.03. The van der Waals surface area contributed by atoms with E-state index in [1.165, 1.54) is 0 Å². The summed E-state index contributed by atoms with van der Waals surface area (Å²) >= 11 is 0. The number of nitrogens with zero attached hydrogens (tertiary/aromatic N) is 2. The van der Waals surface area contributed by atoms with Gasteiger partial charge in [0.2, 0.25) is 5.91 Å². The van der Waals surface area contributed by atoms with Gasteiger partial charge in [0.15, 0.2) is 0 Å². The van der Waals surface area contributed by atoms with Gasteiger partial charge in [0, 0.05) is 12.7 Å². The second kappa shape index (κ2) is 5.77. The van der Waals surface area contributed by atoms with E-state index in [1.54, 1.807) is 6.20 Å². The van der Waals surface area contributed by atoms with Crippen LogP contribution in [0.3, 0.4) is 0 Å². The molecular weight excluding hydrogens is 214 g/mol. The van der Waals surface area contributed by atoms with Crippen molar-refractivity contribution in [3.8, 4) is 0 Å². The van der Waals surface area contributed by atoms with Crippen LogP contribution in [0.4, 0.5) is 0 Å². The summed E-state index contributed by atoms with van der Waals surface area (Å²) in [5, 5.41) is 3.10. The first-order valence-electron chi connectivity index (χ1n) is 6.17. The van der Waals surface area contributed by atoms with Crippen molar-refractivity contribution in [2.75, 3.05) is 13.6 Å². The lowest BCUT2D eigenvalue weighted by Crippen LogP contribution is -2.43. The molecule has 1 aromatic rings. The Kier molecular flexibility index (Phi) is 4.09. The van der Waals surface area contributed by atoms with E-state index < -0.39 is 0 Å². The molecule has 0 radical (unpaired) electrons. The monoisotopic (exact) mass is 233 g/mol. The number of likely N-dealkylation sites (tertiary alicyclic amines) is 1. The van der Waals surface area contributed by atoms with E-state index in [2.05, 4.69) is 10.3 Å². The average molecular weight is 233 g/mol. The fraction of sp³-hybridized carbons (Fsp3) is 0.538. The quantitative estimate of drug-likeness (QED) is 0.852. The van der Waals surface area contributed by atoms with Crippen molar-refractivity contribution in [1.82, 2.24) is 15.2 Å². The minimum Gasteiger partial charge on any atom is -0.335 e. The minimum atomic E-state index is -0.0267. The third-order valence-corrected chi connectivity index (χ3v) is 3.21. The van der Waals surface area contributed by atoms with E-state index in [9.17, 15) is 4.79 Å². The number of aromatic nitrogens is 1. The zero-order valence-corrected chi connectivity index (χ0v) is 10.2. The van der Waals surface area contributed by atoms with Gasteiger partial charge in [-0.25, -0.2) is 0 Å². The minimum absolute atomic E-state index is 0.0267. The fourth-order valence-corrected chi connectivity index (χ4v) is 2.22. The van der Waals surface area contributed by atoms with Crippen LogP contribution in [-0.2, 0) is 11.3 Å². The molecule has 1 aliphatic rings. The van der Waals surface area contributed by atoms with Crippen molar-refractivity contribution in [2.24, 2.45) is 0 Å². The molecule has 0 saturated carbocycles. The van der Waals surface area contributed by atoms with E-state index in [0.717, 1.165) is 31.5 Å². The first-order chi connectivity index (χ1) is 8.31. The number of nitrogens with one attached hydrogen (secondary N) is 1. The van der Waals surface area contributed by atoms with Crippen LogP contribution in [0.25, 0.3) is 0 Å². The Morgan fingerprint density at radius 3 is 3.06 bits per heavy atom. The Labute approximate surface area is 102 Å². The zero-order chi connectivity index (χ0) is 12.1. The van der Waals surface area contributed by atoms with Crippen molar-refractivity contribution in [1.29, 1.82) is 0 Å². The van der Waals surface area contributed by atoms with Gasteiger partial charge in [-0.05, 0) is 38.4 Å². The molecular formula is C13H19N3O. The second-order valence-corrected chi connectivity index (χ2v) is 4.42. The van der Waals surface area contributed by atoms with E-state index in [1.807, 2.05) is 30.1 Å². The molecule has 4 heteroatoms. The van der Waals surface area contributed by atoms with Gasteiger partial charge in [-0.3, -0.25) is 9.78 Å². The third-order valence-electron chi connectivity index (χ3n) is 3.21. The summed E-state index contributed by atoms with van der Waals surface area (Å²) in [4.78, 5) is 18.4. The Hall–Kier alpha value is -1.42. The molecule has 17 heavy (non-hydrogen) atoms. The molecule has 1 aromatic heterocycles. The standard InChI is InChI=1S/C13H19N3O/c1-14-12-7-3-5-9-16(13(12)17)10-11-6-2-4-8-15-11/h2,4,6,8,12,14H,3,5,7,9-10H2,1H3. The van der Waals surface area contributed by atoms with Gasteiger partial charge >= 0.3 is 0 Å². The van der Waals surface area contributed by atoms with Crippen LogP contribution >= 0.6 is 0 Å². The molecule has 0 bridgehead atoms. The van der Waals surface area contributed by atoms with E-state index >= 15 is 0 Å². The van der Waals surface area contributed by atoms with Crippen molar-refractivity contribution < 1.29 is 4.79 Å². The summed E-state index contributed by atoms with van der Waals surface area (Å²) in [5.41, 5.74) is 0.956. The molecule has 0 aromatic carbocycles. The first kappa shape index (κ1) is 12.0. The lowest BCUT2D eigenvalue weighted by atomic mass is 10.1. The molecule has 1 N–H and O–H groups in total. The van der Waals surface area contributed by atoms with Crippen LogP contribution in [0.2, 0.25) is 0 Å². The first-order valence-corrected chi connectivity index (χ1v) is 6.17. The van der Waals surface area contributed by atoms with Gasteiger partial charge in [-0.1, -0.05) is 6.07 Å². The highest BCUT2D eigenvalue weighted by atomic mass is 16.2. The molecule has 0 spiro atoms. The summed E-state index contributed by atoms with van der Waals surface area (Å²) < 4.78 is 0. The topological polar surface area (TPSA) is 45.2 Å². The summed E-state index contributed by atoms with van der Waals surface area (Å²) in [7, 11) is 1.85. The Morgan fingerprint density at radius 2 is 2.35 bits per heavy atom. The molecule has 2 rings (SSSR count). The largest absolute Gasteiger partial charge is 0.335 e. The highest BCUT2D eigenvalue weighted by Gasteiger charge is 2.25. The molecule has 2 heterocycles. The van der Waals surface area contributed by atoms with Crippen LogP contribution in [-0.4, -0.2) is 35.4 Å². The molecule has 92 valence electrons. The fourth-order valence-electron chi connectivity index (χ4n) is 2.22. The molecule has 1 saturated heterocycles. The van der Waals surface area contributed by atoms with Gasteiger partial charge < -0.3 is 10.2 Å². The Bertz CT molecular complexity index is 366. The summed E-state index contributed by atoms with van der Waals surface area (Å²) in [6.45, 7) is 1.46. The smallest absolute Gasteiger partial charge is 0.240 e. The Balaban J connectivity index is 2.06. The van der Waals surface area contributed by atoms with Crippen molar-refractivity contribution in [2.45, 2.75) is 31.8 Å². The molecule has 0 aliphatic carbocycles. The van der Waals surface area contributed by atoms with Crippen LogP contribution in [0.1, 0.15) is 25.0 Å². The number of hydrogen-bond acceptors (Lipinski definition) is 3. The molecule has 1 unspecified atom stereocenters. The van der Waals surface area contributed by atoms with E-state index in [0.29, 0.717) is 6.54 Å². The number of likely N-dealkylation sites (N-methyl/N-ethyl adjacent to an activating group) is 1. The predicted molar refractivity (Wildman–Crippen MR) is 66.4 cm³/mol. The number of hydrogen-bond donors (Lipinski definition) is 1. The number of pyridine rings is 1. The molecule has 4 nitrogen and oxygen atoms in total. The number of carbonyl (C=O) groups is 1. The van der Waals surface area contributed by atoms with Crippen LogP contribution in [0.5, 0.6) is 0 Å². The van der Waals surface area contributed by atoms with Crippen LogP contribution in [0.15, 0.2) is 24.4 Å². The average Bonchev–Trinajstić information content (AvgIpc) is 2.54. The maximum Gasteiger partial charge on any atom is 0.240 e. The number of carbonyl (C=O) groups excluding carboxylic acids is 1. The SMILES string of the molecule is CNC1CCCCN(Cc2ccccn2)C1=O. The highest BCUT2D eigenvalue weighted by molar-refractivity contribution is 5.82. The summed E-state index contributed by atoms with van der Waals surface area (Å²) in [5.74, 6) is 0.204. The molecule has 1 amide bonds. The lowest BCUT2D eigenvalue weighted by molar-refractivity contribution is -0.133. The number of amides is 1. The maximum absolute atomic E-state index is 12.2. The molecule has 1 fully saturated rings. The van der Waals surface area contributed by atoms with Crippen molar-refractivity contribution >= 4 is 5.91 Å². The molecule has 1 aliphatic heterocycles. The van der Waals surface area contributed by atoms with Gasteiger partial charge in [0.05, 0.1) is 18.3 Å². The molecule has 1 atom stereocenters. The normalized spacial score (nSPS) is 21.4. The maximum atomic E-state index is 12.2.